The van der Waals surface area contributed by atoms with Crippen LogP contribution in [0, 0.1) is 5.82 Å². The molecule has 142 valence electrons. The second-order valence-electron chi connectivity index (χ2n) is 6.30. The number of halogens is 1. The fraction of sp³-hybridized carbons (Fsp3) is 0.316. The summed E-state index contributed by atoms with van der Waals surface area (Å²) < 4.78 is 12.9. The van der Waals surface area contributed by atoms with Crippen molar-refractivity contribution >= 4 is 23.3 Å². The van der Waals surface area contributed by atoms with Gasteiger partial charge in [-0.25, -0.2) is 9.18 Å². The minimum Gasteiger partial charge on any atom is -0.369 e. The van der Waals surface area contributed by atoms with Crippen LogP contribution in [0.1, 0.15) is 23.8 Å². The molecule has 1 fully saturated rings. The van der Waals surface area contributed by atoms with Crippen LogP contribution in [0.15, 0.2) is 42.6 Å². The third kappa shape index (κ3) is 4.93. The molecule has 7 nitrogen and oxygen atoms in total. The topological polar surface area (TPSA) is 86.4 Å². The molecule has 1 atom stereocenters. The molecule has 3 N–H and O–H groups in total. The zero-order chi connectivity index (χ0) is 19.2. The van der Waals surface area contributed by atoms with Crippen LogP contribution in [0.3, 0.4) is 0 Å². The molecule has 0 saturated carbocycles. The Labute approximate surface area is 157 Å². The highest BCUT2D eigenvalue weighted by molar-refractivity contribution is 5.93. The monoisotopic (exact) mass is 371 g/mol. The van der Waals surface area contributed by atoms with Crippen LogP contribution in [0.25, 0.3) is 0 Å². The van der Waals surface area contributed by atoms with Gasteiger partial charge in [-0.1, -0.05) is 0 Å². The Balaban J connectivity index is 1.55. The lowest BCUT2D eigenvalue weighted by molar-refractivity contribution is 0.0951. The first-order valence-corrected chi connectivity index (χ1v) is 8.87. The number of anilines is 2. The largest absolute Gasteiger partial charge is 0.369 e. The maximum absolute atomic E-state index is 12.9. The Morgan fingerprint density at radius 3 is 2.78 bits per heavy atom. The van der Waals surface area contributed by atoms with Crippen LogP contribution in [-0.2, 0) is 0 Å². The van der Waals surface area contributed by atoms with E-state index in [1.54, 1.807) is 12.3 Å². The van der Waals surface area contributed by atoms with E-state index < -0.39 is 0 Å². The second kappa shape index (κ2) is 8.48. The third-order valence-corrected chi connectivity index (χ3v) is 4.30. The van der Waals surface area contributed by atoms with Gasteiger partial charge in [0.15, 0.2) is 0 Å². The number of rotatable bonds is 5. The second-order valence-corrected chi connectivity index (χ2v) is 6.30. The van der Waals surface area contributed by atoms with Crippen molar-refractivity contribution < 1.29 is 14.0 Å². The number of carbonyl (C=O) groups is 2. The van der Waals surface area contributed by atoms with Crippen molar-refractivity contribution in [1.82, 2.24) is 15.6 Å². The molecule has 3 amide bonds. The Morgan fingerprint density at radius 2 is 2.04 bits per heavy atom. The number of pyridine rings is 1. The molecule has 3 rings (SSSR count). The maximum Gasteiger partial charge on any atom is 0.319 e. The summed E-state index contributed by atoms with van der Waals surface area (Å²) in [7, 11) is 0. The molecule has 0 spiro atoms. The normalized spacial score (nSPS) is 16.1. The molecule has 1 unspecified atom stereocenters. The van der Waals surface area contributed by atoms with Crippen molar-refractivity contribution in [3.63, 3.8) is 0 Å². The highest BCUT2D eigenvalue weighted by Crippen LogP contribution is 2.21. The van der Waals surface area contributed by atoms with Crippen LogP contribution < -0.4 is 20.9 Å². The first kappa shape index (κ1) is 18.6. The van der Waals surface area contributed by atoms with E-state index in [1.165, 1.54) is 24.3 Å². The van der Waals surface area contributed by atoms with Gasteiger partial charge < -0.3 is 20.9 Å². The number of urea groups is 1. The average molecular weight is 371 g/mol. The summed E-state index contributed by atoms with van der Waals surface area (Å²) in [6, 6.07) is 8.87. The fourth-order valence-electron chi connectivity index (χ4n) is 2.99. The molecule has 27 heavy (non-hydrogen) atoms. The molecule has 2 heterocycles. The van der Waals surface area contributed by atoms with Gasteiger partial charge in [0.25, 0.3) is 5.91 Å². The smallest absolute Gasteiger partial charge is 0.319 e. The van der Waals surface area contributed by atoms with Crippen molar-refractivity contribution in [3.05, 3.63) is 54.1 Å². The lowest BCUT2D eigenvalue weighted by Crippen LogP contribution is -2.39. The molecule has 1 aliphatic rings. The van der Waals surface area contributed by atoms with E-state index in [0.717, 1.165) is 18.7 Å². The SMILES string of the molecule is CCNC(=O)c1cc(N2CCC(NC(=O)Nc3ccc(F)cc3)C2)ccn1. The van der Waals surface area contributed by atoms with Gasteiger partial charge >= 0.3 is 6.03 Å². The van der Waals surface area contributed by atoms with Crippen molar-refractivity contribution in [2.45, 2.75) is 19.4 Å². The van der Waals surface area contributed by atoms with Gasteiger partial charge in [0.1, 0.15) is 11.5 Å². The van der Waals surface area contributed by atoms with Crippen molar-refractivity contribution in [3.8, 4) is 0 Å². The number of nitrogens with one attached hydrogen (secondary N) is 3. The molecule has 1 aromatic heterocycles. The van der Waals surface area contributed by atoms with E-state index in [-0.39, 0.29) is 23.8 Å². The number of amides is 3. The number of nitrogens with zero attached hydrogens (tertiary/aromatic N) is 2. The minimum atomic E-state index is -0.350. The summed E-state index contributed by atoms with van der Waals surface area (Å²) in [5, 5.41) is 8.34. The van der Waals surface area contributed by atoms with E-state index >= 15 is 0 Å². The zero-order valence-electron chi connectivity index (χ0n) is 15.0. The number of carbonyl (C=O) groups excluding carboxylic acids is 2. The number of hydrogen-bond donors (Lipinski definition) is 3. The van der Waals surface area contributed by atoms with Crippen molar-refractivity contribution in [2.24, 2.45) is 0 Å². The molecule has 0 radical (unpaired) electrons. The molecular weight excluding hydrogens is 349 g/mol. The highest BCUT2D eigenvalue weighted by Gasteiger charge is 2.24. The molecular formula is C19H22FN5O2. The summed E-state index contributed by atoms with van der Waals surface area (Å²) >= 11 is 0. The van der Waals surface area contributed by atoms with Gasteiger partial charge in [0.2, 0.25) is 0 Å². The maximum atomic E-state index is 12.9. The Morgan fingerprint density at radius 1 is 1.26 bits per heavy atom. The van der Waals surface area contributed by atoms with Gasteiger partial charge in [0, 0.05) is 43.2 Å². The van der Waals surface area contributed by atoms with Gasteiger partial charge in [0.05, 0.1) is 0 Å². The highest BCUT2D eigenvalue weighted by atomic mass is 19.1. The lowest BCUT2D eigenvalue weighted by Gasteiger charge is -2.19. The van der Waals surface area contributed by atoms with E-state index in [4.69, 9.17) is 0 Å². The van der Waals surface area contributed by atoms with Crippen LogP contribution in [0.5, 0.6) is 0 Å². The number of benzene rings is 1. The standard InChI is InChI=1S/C19H22FN5O2/c1-2-21-18(26)17-11-16(7-9-22-17)25-10-8-15(12-25)24-19(27)23-14-5-3-13(20)4-6-14/h3-7,9,11,15H,2,8,10,12H2,1H3,(H,21,26)(H2,23,24,27). The van der Waals surface area contributed by atoms with Crippen molar-refractivity contribution in [2.75, 3.05) is 29.9 Å². The van der Waals surface area contributed by atoms with Gasteiger partial charge in [-0.15, -0.1) is 0 Å². The zero-order valence-corrected chi connectivity index (χ0v) is 15.0. The van der Waals surface area contributed by atoms with Gasteiger partial charge in [-0.05, 0) is 49.7 Å². The Kier molecular flexibility index (Phi) is 5.85. The van der Waals surface area contributed by atoms with Crippen LogP contribution >= 0.6 is 0 Å². The fourth-order valence-corrected chi connectivity index (χ4v) is 2.99. The first-order valence-electron chi connectivity index (χ1n) is 8.87. The quantitative estimate of drug-likeness (QED) is 0.753. The summed E-state index contributed by atoms with van der Waals surface area (Å²) in [6.07, 6.45) is 2.40. The molecule has 0 bridgehead atoms. The lowest BCUT2D eigenvalue weighted by atomic mass is 10.2. The average Bonchev–Trinajstić information content (AvgIpc) is 3.12. The van der Waals surface area contributed by atoms with Crippen LogP contribution in [0.2, 0.25) is 0 Å². The van der Waals surface area contributed by atoms with Gasteiger partial charge in [-0.2, -0.15) is 0 Å². The van der Waals surface area contributed by atoms with Crippen molar-refractivity contribution in [1.29, 1.82) is 0 Å². The molecule has 0 aliphatic carbocycles. The predicted octanol–water partition coefficient (Wildman–Crippen LogP) is 2.37. The number of aromatic nitrogens is 1. The van der Waals surface area contributed by atoms with Crippen LogP contribution in [0.4, 0.5) is 20.6 Å². The summed E-state index contributed by atoms with van der Waals surface area (Å²) in [4.78, 5) is 30.3. The predicted molar refractivity (Wildman–Crippen MR) is 101 cm³/mol. The van der Waals surface area contributed by atoms with E-state index in [0.29, 0.717) is 24.5 Å². The van der Waals surface area contributed by atoms with E-state index in [1.807, 2.05) is 13.0 Å². The van der Waals surface area contributed by atoms with Crippen LogP contribution in [-0.4, -0.2) is 42.6 Å². The van der Waals surface area contributed by atoms with E-state index in [2.05, 4.69) is 25.8 Å². The molecule has 1 aliphatic heterocycles. The molecule has 1 aromatic carbocycles. The third-order valence-electron chi connectivity index (χ3n) is 4.30. The van der Waals surface area contributed by atoms with Gasteiger partial charge in [-0.3, -0.25) is 9.78 Å². The molecule has 2 aromatic rings. The number of hydrogen-bond acceptors (Lipinski definition) is 4. The summed E-state index contributed by atoms with van der Waals surface area (Å²) in [5.74, 6) is -0.552. The minimum absolute atomic E-state index is 0.0217. The summed E-state index contributed by atoms with van der Waals surface area (Å²) in [5.41, 5.74) is 1.80. The molecule has 1 saturated heterocycles. The van der Waals surface area contributed by atoms with E-state index in [9.17, 15) is 14.0 Å². The summed E-state index contributed by atoms with van der Waals surface area (Å²) in [6.45, 7) is 3.80. The Bertz CT molecular complexity index is 812. The Hall–Kier alpha value is -3.16. The molecule has 8 heteroatoms. The first-order chi connectivity index (χ1) is 13.0.